The highest BCUT2D eigenvalue weighted by Crippen LogP contribution is 2.23. The normalized spacial score (nSPS) is 12.9. The number of phenols is 1. The molecule has 0 bridgehead atoms. The second-order valence-corrected chi connectivity index (χ2v) is 4.28. The van der Waals surface area contributed by atoms with Gasteiger partial charge in [-0.2, -0.15) is 0 Å². The fourth-order valence-corrected chi connectivity index (χ4v) is 1.60. The molecule has 0 aliphatic carbocycles. The average Bonchev–Trinajstić information content (AvgIpc) is 2.14. The van der Waals surface area contributed by atoms with E-state index in [0.29, 0.717) is 5.75 Å². The van der Waals surface area contributed by atoms with Crippen molar-refractivity contribution in [3.05, 3.63) is 28.8 Å². The van der Waals surface area contributed by atoms with Gasteiger partial charge in [-0.05, 0) is 48.9 Å². The molecule has 0 aliphatic rings. The second kappa shape index (κ2) is 4.50. The van der Waals surface area contributed by atoms with Gasteiger partial charge >= 0.3 is 0 Å². The third-order valence-electron chi connectivity index (χ3n) is 2.92. The highest BCUT2D eigenvalue weighted by atomic mass is 16.3. The van der Waals surface area contributed by atoms with E-state index in [-0.39, 0.29) is 0 Å². The van der Waals surface area contributed by atoms with E-state index in [4.69, 9.17) is 0 Å². The summed E-state index contributed by atoms with van der Waals surface area (Å²) < 4.78 is 0. The van der Waals surface area contributed by atoms with Crippen LogP contribution in [0.5, 0.6) is 5.75 Å². The topological polar surface area (TPSA) is 20.2 Å². The Morgan fingerprint density at radius 1 is 1.21 bits per heavy atom. The van der Waals surface area contributed by atoms with Crippen LogP contribution in [0.4, 0.5) is 0 Å². The molecule has 78 valence electrons. The van der Waals surface area contributed by atoms with Gasteiger partial charge in [-0.25, -0.2) is 0 Å². The number of phenolic OH excluding ortho intramolecular Hbond substituents is 1. The summed E-state index contributed by atoms with van der Waals surface area (Å²) in [5, 5.41) is 9.52. The van der Waals surface area contributed by atoms with Crippen molar-refractivity contribution in [2.45, 2.75) is 40.5 Å². The lowest BCUT2D eigenvalue weighted by molar-refractivity contribution is 0.469. The van der Waals surface area contributed by atoms with E-state index in [1.54, 1.807) is 0 Å². The Labute approximate surface area is 86.8 Å². The molecule has 1 nitrogen and oxygen atoms in total. The van der Waals surface area contributed by atoms with Crippen molar-refractivity contribution >= 4 is 0 Å². The summed E-state index contributed by atoms with van der Waals surface area (Å²) >= 11 is 0. The Hall–Kier alpha value is -0.980. The van der Waals surface area contributed by atoms with Gasteiger partial charge in [0.1, 0.15) is 5.75 Å². The summed E-state index contributed by atoms with van der Waals surface area (Å²) in [6.45, 7) is 8.50. The molecular weight excluding hydrogens is 172 g/mol. The number of aryl methyl sites for hydroxylation is 2. The van der Waals surface area contributed by atoms with Crippen molar-refractivity contribution < 1.29 is 5.11 Å². The molecule has 0 saturated heterocycles. The van der Waals surface area contributed by atoms with Gasteiger partial charge in [0.15, 0.2) is 0 Å². The predicted octanol–water partition coefficient (Wildman–Crippen LogP) is 3.60. The molecule has 1 rings (SSSR count). The quantitative estimate of drug-likeness (QED) is 0.775. The summed E-state index contributed by atoms with van der Waals surface area (Å²) in [5.74, 6) is 1.13. The van der Waals surface area contributed by atoms with Gasteiger partial charge < -0.3 is 5.11 Å². The molecule has 0 heterocycles. The summed E-state index contributed by atoms with van der Waals surface area (Å²) in [7, 11) is 0. The second-order valence-electron chi connectivity index (χ2n) is 4.28. The Balaban J connectivity index is 2.92. The van der Waals surface area contributed by atoms with E-state index in [2.05, 4.69) is 26.8 Å². The maximum atomic E-state index is 9.52. The van der Waals surface area contributed by atoms with E-state index in [1.807, 2.05) is 13.0 Å². The largest absolute Gasteiger partial charge is 0.508 e. The van der Waals surface area contributed by atoms with Crippen LogP contribution in [0.25, 0.3) is 0 Å². The standard InChI is InChI=1S/C13H20O/c1-5-9(2)6-12-7-11(4)13(14)8-10(12)3/h7-9,14H,5-6H2,1-4H3/t9-/m0/s1. The maximum Gasteiger partial charge on any atom is 0.118 e. The zero-order valence-corrected chi connectivity index (χ0v) is 9.59. The molecule has 1 N–H and O–H groups in total. The minimum atomic E-state index is 0.412. The molecule has 1 heteroatoms. The van der Waals surface area contributed by atoms with Crippen molar-refractivity contribution in [2.24, 2.45) is 5.92 Å². The van der Waals surface area contributed by atoms with Crippen molar-refractivity contribution in [1.29, 1.82) is 0 Å². The summed E-state index contributed by atoms with van der Waals surface area (Å²) in [6, 6.07) is 3.98. The van der Waals surface area contributed by atoms with Gasteiger partial charge in [-0.3, -0.25) is 0 Å². The first-order chi connectivity index (χ1) is 6.54. The highest BCUT2D eigenvalue weighted by molar-refractivity contribution is 5.40. The Bertz CT molecular complexity index is 315. The molecule has 14 heavy (non-hydrogen) atoms. The minimum Gasteiger partial charge on any atom is -0.508 e. The molecule has 0 spiro atoms. The number of benzene rings is 1. The molecule has 0 unspecified atom stereocenters. The van der Waals surface area contributed by atoms with Crippen LogP contribution in [-0.2, 0) is 6.42 Å². The van der Waals surface area contributed by atoms with Gasteiger partial charge in [0, 0.05) is 0 Å². The van der Waals surface area contributed by atoms with Gasteiger partial charge in [0.25, 0.3) is 0 Å². The smallest absolute Gasteiger partial charge is 0.118 e. The minimum absolute atomic E-state index is 0.412. The van der Waals surface area contributed by atoms with Crippen LogP contribution in [0.3, 0.4) is 0 Å². The lowest BCUT2D eigenvalue weighted by Gasteiger charge is -2.12. The molecule has 1 atom stereocenters. The first-order valence-corrected chi connectivity index (χ1v) is 5.33. The van der Waals surface area contributed by atoms with Crippen LogP contribution >= 0.6 is 0 Å². The molecule has 0 fully saturated rings. The number of aromatic hydroxyl groups is 1. The number of rotatable bonds is 3. The third kappa shape index (κ3) is 2.50. The summed E-state index contributed by atoms with van der Waals surface area (Å²) in [5.41, 5.74) is 3.55. The number of hydrogen-bond donors (Lipinski definition) is 1. The zero-order chi connectivity index (χ0) is 10.7. The van der Waals surface area contributed by atoms with E-state index in [0.717, 1.165) is 17.9 Å². The average molecular weight is 192 g/mol. The van der Waals surface area contributed by atoms with E-state index in [9.17, 15) is 5.11 Å². The van der Waals surface area contributed by atoms with Gasteiger partial charge in [0.2, 0.25) is 0 Å². The molecule has 1 aromatic rings. The van der Waals surface area contributed by atoms with Crippen molar-refractivity contribution in [2.75, 3.05) is 0 Å². The lowest BCUT2D eigenvalue weighted by atomic mass is 9.94. The molecule has 0 aliphatic heterocycles. The molecule has 0 amide bonds. The van der Waals surface area contributed by atoms with Crippen LogP contribution in [0.15, 0.2) is 12.1 Å². The van der Waals surface area contributed by atoms with Crippen LogP contribution < -0.4 is 0 Å². The van der Waals surface area contributed by atoms with Crippen molar-refractivity contribution in [3.63, 3.8) is 0 Å². The van der Waals surface area contributed by atoms with Crippen LogP contribution in [-0.4, -0.2) is 5.11 Å². The van der Waals surface area contributed by atoms with E-state index in [1.165, 1.54) is 17.5 Å². The number of hydrogen-bond acceptors (Lipinski definition) is 1. The summed E-state index contributed by atoms with van der Waals surface area (Å²) in [4.78, 5) is 0. The fourth-order valence-electron chi connectivity index (χ4n) is 1.60. The van der Waals surface area contributed by atoms with Crippen LogP contribution in [0.2, 0.25) is 0 Å². The SMILES string of the molecule is CC[C@H](C)Cc1cc(C)c(O)cc1C. The molecule has 0 radical (unpaired) electrons. The molecule has 0 saturated carbocycles. The Morgan fingerprint density at radius 2 is 1.86 bits per heavy atom. The Kier molecular flexibility index (Phi) is 3.56. The molecular formula is C13H20O. The van der Waals surface area contributed by atoms with Gasteiger partial charge in [-0.1, -0.05) is 26.3 Å². The molecule has 1 aromatic carbocycles. The first-order valence-electron chi connectivity index (χ1n) is 5.33. The fraction of sp³-hybridized carbons (Fsp3) is 0.538. The lowest BCUT2D eigenvalue weighted by Crippen LogP contribution is -2.00. The van der Waals surface area contributed by atoms with Crippen molar-refractivity contribution in [3.8, 4) is 5.75 Å². The highest BCUT2D eigenvalue weighted by Gasteiger charge is 2.06. The molecule has 0 aromatic heterocycles. The zero-order valence-electron chi connectivity index (χ0n) is 9.59. The predicted molar refractivity (Wildman–Crippen MR) is 60.7 cm³/mol. The maximum absolute atomic E-state index is 9.52. The van der Waals surface area contributed by atoms with Crippen LogP contribution in [0, 0.1) is 19.8 Å². The van der Waals surface area contributed by atoms with Gasteiger partial charge in [-0.15, -0.1) is 0 Å². The van der Waals surface area contributed by atoms with Crippen LogP contribution in [0.1, 0.15) is 37.0 Å². The Morgan fingerprint density at radius 3 is 2.43 bits per heavy atom. The first kappa shape index (κ1) is 11.1. The van der Waals surface area contributed by atoms with E-state index >= 15 is 0 Å². The third-order valence-corrected chi connectivity index (χ3v) is 2.92. The monoisotopic (exact) mass is 192 g/mol. The summed E-state index contributed by atoms with van der Waals surface area (Å²) in [6.07, 6.45) is 2.32. The van der Waals surface area contributed by atoms with Crippen molar-refractivity contribution in [1.82, 2.24) is 0 Å². The van der Waals surface area contributed by atoms with Gasteiger partial charge in [0.05, 0.1) is 0 Å². The van der Waals surface area contributed by atoms with E-state index < -0.39 is 0 Å².